The third kappa shape index (κ3) is 1.64. The fourth-order valence-electron chi connectivity index (χ4n) is 2.49. The first-order chi connectivity index (χ1) is 9.02. The van der Waals surface area contributed by atoms with Gasteiger partial charge in [-0.05, 0) is 26.0 Å². The molecular formula is C14H14BrN3O. The lowest BCUT2D eigenvalue weighted by Gasteiger charge is -2.03. The number of alkyl halides is 1. The van der Waals surface area contributed by atoms with Crippen molar-refractivity contribution in [1.82, 2.24) is 14.0 Å². The highest BCUT2D eigenvalue weighted by atomic mass is 79.9. The van der Waals surface area contributed by atoms with Crippen LogP contribution in [0.5, 0.6) is 0 Å². The number of fused-ring (bicyclic) bond motifs is 3. The summed E-state index contributed by atoms with van der Waals surface area (Å²) in [5.41, 5.74) is 3.52. The van der Waals surface area contributed by atoms with Crippen LogP contribution in [0.15, 0.2) is 24.3 Å². The number of ketones is 1. The smallest absolute Gasteiger partial charge is 0.215 e. The third-order valence-electron chi connectivity index (χ3n) is 3.41. The molecule has 0 fully saturated rings. The molecule has 0 aliphatic rings. The number of Topliss-reactive ketones (excluding diaryl/α,β-unsaturated/α-hetero) is 1. The van der Waals surface area contributed by atoms with Crippen LogP contribution in [0, 0.1) is 6.92 Å². The Bertz CT molecular complexity index is 798. The first-order valence-electron chi connectivity index (χ1n) is 6.13. The van der Waals surface area contributed by atoms with Gasteiger partial charge in [0.25, 0.3) is 0 Å². The van der Waals surface area contributed by atoms with Gasteiger partial charge in [-0.25, -0.2) is 4.98 Å². The van der Waals surface area contributed by atoms with E-state index in [4.69, 9.17) is 0 Å². The summed E-state index contributed by atoms with van der Waals surface area (Å²) in [6.45, 7) is 3.72. The van der Waals surface area contributed by atoms with Gasteiger partial charge in [0.2, 0.25) is 5.78 Å². The molecule has 4 nitrogen and oxygen atoms in total. The van der Waals surface area contributed by atoms with E-state index in [0.717, 1.165) is 22.5 Å². The van der Waals surface area contributed by atoms with Gasteiger partial charge < -0.3 is 4.57 Å². The quantitative estimate of drug-likeness (QED) is 0.538. The molecule has 0 N–H and O–H groups in total. The zero-order chi connectivity index (χ0) is 13.7. The summed E-state index contributed by atoms with van der Waals surface area (Å²) < 4.78 is 3.96. The Labute approximate surface area is 119 Å². The molecule has 0 saturated carbocycles. The highest BCUT2D eigenvalue weighted by Crippen LogP contribution is 2.24. The third-order valence-corrected chi connectivity index (χ3v) is 3.83. The van der Waals surface area contributed by atoms with Crippen LogP contribution >= 0.6 is 15.9 Å². The fraction of sp³-hybridized carbons (Fsp3) is 0.286. The molecule has 1 unspecified atom stereocenters. The molecule has 1 atom stereocenters. The van der Waals surface area contributed by atoms with Crippen LogP contribution in [-0.4, -0.2) is 24.6 Å². The molecule has 0 aliphatic heterocycles. The summed E-state index contributed by atoms with van der Waals surface area (Å²) in [6, 6.07) is 8.01. The summed E-state index contributed by atoms with van der Waals surface area (Å²) in [6.07, 6.45) is 0. The molecule has 0 aliphatic carbocycles. The van der Waals surface area contributed by atoms with Crippen molar-refractivity contribution in [3.63, 3.8) is 0 Å². The highest BCUT2D eigenvalue weighted by Gasteiger charge is 2.23. The van der Waals surface area contributed by atoms with Crippen molar-refractivity contribution in [2.45, 2.75) is 18.7 Å². The van der Waals surface area contributed by atoms with Crippen LogP contribution in [0.1, 0.15) is 23.1 Å². The standard InChI is InChI=1S/C14H14BrN3O/c1-8(15)13(19)12-9(2)16-14-17(3)10-6-4-5-7-11(10)18(12)14/h4-8H,1-3H3. The molecule has 0 bridgehead atoms. The Balaban J connectivity index is 2.48. The first kappa shape index (κ1) is 12.4. The van der Waals surface area contributed by atoms with Gasteiger partial charge in [0.05, 0.1) is 21.6 Å². The van der Waals surface area contributed by atoms with Gasteiger partial charge in [-0.1, -0.05) is 28.1 Å². The minimum absolute atomic E-state index is 0.0568. The molecule has 0 saturated heterocycles. The second-order valence-electron chi connectivity index (χ2n) is 4.71. The Morgan fingerprint density at radius 3 is 2.58 bits per heavy atom. The molecule has 3 rings (SSSR count). The molecule has 98 valence electrons. The van der Waals surface area contributed by atoms with Gasteiger partial charge in [0, 0.05) is 7.05 Å². The number of aromatic nitrogens is 3. The van der Waals surface area contributed by atoms with Gasteiger partial charge in [0.15, 0.2) is 5.78 Å². The van der Waals surface area contributed by atoms with Crippen LogP contribution in [0.3, 0.4) is 0 Å². The number of hydrogen-bond acceptors (Lipinski definition) is 2. The van der Waals surface area contributed by atoms with E-state index in [-0.39, 0.29) is 10.6 Å². The summed E-state index contributed by atoms with van der Waals surface area (Å²) in [7, 11) is 1.97. The maximum absolute atomic E-state index is 12.4. The van der Waals surface area contributed by atoms with E-state index in [0.29, 0.717) is 5.69 Å². The summed E-state index contributed by atoms with van der Waals surface area (Å²) >= 11 is 3.35. The number of halogens is 1. The summed E-state index contributed by atoms with van der Waals surface area (Å²) in [4.78, 5) is 16.7. The Kier molecular flexibility index (Phi) is 2.74. The molecule has 0 spiro atoms. The maximum atomic E-state index is 12.4. The summed E-state index contributed by atoms with van der Waals surface area (Å²) in [5.74, 6) is 0.858. The maximum Gasteiger partial charge on any atom is 0.215 e. The van der Waals surface area contributed by atoms with Crippen molar-refractivity contribution in [1.29, 1.82) is 0 Å². The molecule has 0 radical (unpaired) electrons. The highest BCUT2D eigenvalue weighted by molar-refractivity contribution is 9.10. The predicted octanol–water partition coefficient (Wildman–Crippen LogP) is 3.10. The van der Waals surface area contributed by atoms with E-state index in [9.17, 15) is 4.79 Å². The molecule has 5 heteroatoms. The zero-order valence-corrected chi connectivity index (χ0v) is 12.6. The second kappa shape index (κ2) is 4.20. The normalized spacial score (nSPS) is 13.3. The minimum Gasteiger partial charge on any atom is -0.313 e. The topological polar surface area (TPSA) is 39.3 Å². The van der Waals surface area contributed by atoms with Gasteiger partial charge in [-0.15, -0.1) is 0 Å². The molecule has 19 heavy (non-hydrogen) atoms. The lowest BCUT2D eigenvalue weighted by atomic mass is 10.2. The Hall–Kier alpha value is -1.62. The van der Waals surface area contributed by atoms with Gasteiger partial charge >= 0.3 is 0 Å². The van der Waals surface area contributed by atoms with E-state index in [1.807, 2.05) is 54.1 Å². The van der Waals surface area contributed by atoms with Gasteiger partial charge in [-0.3, -0.25) is 9.20 Å². The van der Waals surface area contributed by atoms with Crippen molar-refractivity contribution < 1.29 is 4.79 Å². The van der Waals surface area contributed by atoms with Crippen molar-refractivity contribution in [2.75, 3.05) is 0 Å². The van der Waals surface area contributed by atoms with E-state index < -0.39 is 0 Å². The van der Waals surface area contributed by atoms with E-state index in [2.05, 4.69) is 20.9 Å². The van der Waals surface area contributed by atoms with E-state index in [1.165, 1.54) is 0 Å². The van der Waals surface area contributed by atoms with Crippen LogP contribution in [0.25, 0.3) is 16.8 Å². The number of hydrogen-bond donors (Lipinski definition) is 0. The second-order valence-corrected chi connectivity index (χ2v) is 6.08. The van der Waals surface area contributed by atoms with Crippen molar-refractivity contribution in [2.24, 2.45) is 7.05 Å². The Morgan fingerprint density at radius 2 is 1.95 bits per heavy atom. The number of benzene rings is 1. The van der Waals surface area contributed by atoms with Crippen molar-refractivity contribution in [3.05, 3.63) is 35.7 Å². The van der Waals surface area contributed by atoms with Crippen LogP contribution < -0.4 is 0 Å². The van der Waals surface area contributed by atoms with Crippen LogP contribution in [-0.2, 0) is 7.05 Å². The SMILES string of the molecule is Cc1nc2n(C)c3ccccc3n2c1C(=O)C(C)Br. The lowest BCUT2D eigenvalue weighted by Crippen LogP contribution is -2.13. The number of imidazole rings is 2. The fourth-order valence-corrected chi connectivity index (χ4v) is 2.71. The number of carbonyl (C=O) groups is 1. The molecule has 3 aromatic rings. The summed E-state index contributed by atoms with van der Waals surface area (Å²) in [5, 5.41) is 0. The molecule has 2 heterocycles. The number of carbonyl (C=O) groups excluding carboxylic acids is 1. The van der Waals surface area contributed by atoms with E-state index in [1.54, 1.807) is 0 Å². The number of aryl methyl sites for hydroxylation is 2. The van der Waals surface area contributed by atoms with Crippen molar-refractivity contribution >= 4 is 38.5 Å². The van der Waals surface area contributed by atoms with Crippen molar-refractivity contribution in [3.8, 4) is 0 Å². The number of rotatable bonds is 2. The lowest BCUT2D eigenvalue weighted by molar-refractivity contribution is 0.0990. The zero-order valence-electron chi connectivity index (χ0n) is 11.0. The number of nitrogens with zero attached hydrogens (tertiary/aromatic N) is 3. The molecule has 0 amide bonds. The average molecular weight is 320 g/mol. The van der Waals surface area contributed by atoms with Crippen LogP contribution in [0.2, 0.25) is 0 Å². The predicted molar refractivity (Wildman–Crippen MR) is 79.1 cm³/mol. The van der Waals surface area contributed by atoms with Gasteiger partial charge in [0.1, 0.15) is 5.69 Å². The monoisotopic (exact) mass is 319 g/mol. The Morgan fingerprint density at radius 1 is 1.32 bits per heavy atom. The number of para-hydroxylation sites is 2. The molecule has 1 aromatic carbocycles. The molecular weight excluding hydrogens is 306 g/mol. The minimum atomic E-state index is -0.218. The van der Waals surface area contributed by atoms with Gasteiger partial charge in [-0.2, -0.15) is 0 Å². The average Bonchev–Trinajstić information content (AvgIpc) is 2.85. The van der Waals surface area contributed by atoms with Crippen LogP contribution in [0.4, 0.5) is 0 Å². The first-order valence-corrected chi connectivity index (χ1v) is 7.04. The molecule has 2 aromatic heterocycles. The van der Waals surface area contributed by atoms with E-state index >= 15 is 0 Å². The largest absolute Gasteiger partial charge is 0.313 e.